The standard InChI is InChI=1S/C23H26N2O5/c1-16(2)30-19-12-10-17(11-13-19)15-20(23(29)24-14-6-9-21(26)27)25-22(28)18-7-4-3-5-8-18/h3-5,7-8,10-13,15-16H,6,9,14H2,1-2H3,(H,24,29)(H,25,28)(H,26,27)/p-1/b20-15+. The van der Waals surface area contributed by atoms with Crippen LogP contribution in [0.4, 0.5) is 0 Å². The van der Waals surface area contributed by atoms with E-state index in [2.05, 4.69) is 10.6 Å². The molecule has 2 aromatic carbocycles. The van der Waals surface area contributed by atoms with Gasteiger partial charge >= 0.3 is 0 Å². The van der Waals surface area contributed by atoms with Gasteiger partial charge in [0.15, 0.2) is 0 Å². The summed E-state index contributed by atoms with van der Waals surface area (Å²) in [6.07, 6.45) is 1.66. The topological polar surface area (TPSA) is 108 Å². The first-order valence-corrected chi connectivity index (χ1v) is 9.68. The van der Waals surface area contributed by atoms with Crippen LogP contribution in [0.25, 0.3) is 6.08 Å². The summed E-state index contributed by atoms with van der Waals surface area (Å²) in [6.45, 7) is 4.00. The molecule has 0 radical (unpaired) electrons. The highest BCUT2D eigenvalue weighted by molar-refractivity contribution is 6.05. The van der Waals surface area contributed by atoms with Gasteiger partial charge in [-0.25, -0.2) is 0 Å². The molecule has 0 bridgehead atoms. The summed E-state index contributed by atoms with van der Waals surface area (Å²) in [6, 6.07) is 15.6. The lowest BCUT2D eigenvalue weighted by atomic mass is 10.1. The number of carbonyl (C=O) groups is 3. The molecule has 2 N–H and O–H groups in total. The highest BCUT2D eigenvalue weighted by atomic mass is 16.5. The Balaban J connectivity index is 2.16. The van der Waals surface area contributed by atoms with Crippen LogP contribution in [0.1, 0.15) is 42.6 Å². The van der Waals surface area contributed by atoms with Crippen molar-refractivity contribution in [1.82, 2.24) is 10.6 Å². The largest absolute Gasteiger partial charge is 0.550 e. The third kappa shape index (κ3) is 7.79. The maximum atomic E-state index is 12.6. The third-order valence-corrected chi connectivity index (χ3v) is 3.93. The van der Waals surface area contributed by atoms with Crippen molar-refractivity contribution < 1.29 is 24.2 Å². The van der Waals surface area contributed by atoms with Gasteiger partial charge in [0.25, 0.3) is 11.8 Å². The van der Waals surface area contributed by atoms with Crippen LogP contribution >= 0.6 is 0 Å². The highest BCUT2D eigenvalue weighted by Gasteiger charge is 2.14. The van der Waals surface area contributed by atoms with Crippen molar-refractivity contribution >= 4 is 23.9 Å². The molecular formula is C23H25N2O5-. The summed E-state index contributed by atoms with van der Waals surface area (Å²) in [4.78, 5) is 35.6. The summed E-state index contributed by atoms with van der Waals surface area (Å²) in [7, 11) is 0. The van der Waals surface area contributed by atoms with Gasteiger partial charge in [-0.3, -0.25) is 9.59 Å². The molecule has 2 amide bonds. The fourth-order valence-corrected chi connectivity index (χ4v) is 2.55. The zero-order valence-electron chi connectivity index (χ0n) is 17.0. The minimum absolute atomic E-state index is 0.0406. The quantitative estimate of drug-likeness (QED) is 0.460. The Morgan fingerprint density at radius 3 is 2.30 bits per heavy atom. The first kappa shape index (κ1) is 22.7. The maximum Gasteiger partial charge on any atom is 0.267 e. The second kappa shape index (κ2) is 11.4. The van der Waals surface area contributed by atoms with E-state index in [0.717, 1.165) is 0 Å². The van der Waals surface area contributed by atoms with Gasteiger partial charge in [-0.05, 0) is 62.6 Å². The average Bonchev–Trinajstić information content (AvgIpc) is 2.72. The Kier molecular flexibility index (Phi) is 8.62. The normalized spacial score (nSPS) is 11.1. The monoisotopic (exact) mass is 409 g/mol. The molecule has 0 aliphatic rings. The van der Waals surface area contributed by atoms with Crippen molar-refractivity contribution in [3.8, 4) is 5.75 Å². The number of carboxylic acids is 1. The van der Waals surface area contributed by atoms with Gasteiger partial charge in [-0.1, -0.05) is 30.3 Å². The van der Waals surface area contributed by atoms with Crippen LogP contribution in [0.5, 0.6) is 5.75 Å². The lowest BCUT2D eigenvalue weighted by Crippen LogP contribution is -2.35. The summed E-state index contributed by atoms with van der Waals surface area (Å²) in [5.41, 5.74) is 1.16. The van der Waals surface area contributed by atoms with E-state index >= 15 is 0 Å². The zero-order chi connectivity index (χ0) is 21.9. The number of hydrogen-bond acceptors (Lipinski definition) is 5. The molecule has 0 aliphatic carbocycles. The van der Waals surface area contributed by atoms with Crippen LogP contribution in [0.15, 0.2) is 60.3 Å². The van der Waals surface area contributed by atoms with Gasteiger partial charge in [-0.2, -0.15) is 0 Å². The van der Waals surface area contributed by atoms with Crippen molar-refractivity contribution in [1.29, 1.82) is 0 Å². The van der Waals surface area contributed by atoms with Gasteiger partial charge in [0.2, 0.25) is 0 Å². The summed E-state index contributed by atoms with van der Waals surface area (Å²) >= 11 is 0. The second-order valence-electron chi connectivity index (χ2n) is 6.85. The Hall–Kier alpha value is -3.61. The van der Waals surface area contributed by atoms with Gasteiger partial charge in [0.1, 0.15) is 11.4 Å². The fraction of sp³-hybridized carbons (Fsp3) is 0.261. The molecule has 158 valence electrons. The third-order valence-electron chi connectivity index (χ3n) is 3.93. The lowest BCUT2D eigenvalue weighted by Gasteiger charge is -2.12. The number of nitrogens with one attached hydrogen (secondary N) is 2. The molecule has 0 unspecified atom stereocenters. The Morgan fingerprint density at radius 2 is 1.70 bits per heavy atom. The summed E-state index contributed by atoms with van der Waals surface area (Å²) < 4.78 is 5.61. The molecule has 7 nitrogen and oxygen atoms in total. The molecule has 7 heteroatoms. The molecule has 0 saturated carbocycles. The van der Waals surface area contributed by atoms with Crippen LogP contribution in [0, 0.1) is 0 Å². The van der Waals surface area contributed by atoms with E-state index in [1.54, 1.807) is 60.7 Å². The van der Waals surface area contributed by atoms with Crippen LogP contribution in [0.3, 0.4) is 0 Å². The molecule has 2 rings (SSSR count). The fourth-order valence-electron chi connectivity index (χ4n) is 2.55. The van der Waals surface area contributed by atoms with Crippen LogP contribution < -0.4 is 20.5 Å². The van der Waals surface area contributed by atoms with E-state index in [4.69, 9.17) is 4.74 Å². The lowest BCUT2D eigenvalue weighted by molar-refractivity contribution is -0.305. The molecular weight excluding hydrogens is 384 g/mol. The maximum absolute atomic E-state index is 12.6. The molecule has 0 heterocycles. The van der Waals surface area contributed by atoms with Gasteiger partial charge in [0, 0.05) is 18.1 Å². The van der Waals surface area contributed by atoms with E-state index in [9.17, 15) is 19.5 Å². The van der Waals surface area contributed by atoms with E-state index in [1.807, 2.05) is 13.8 Å². The van der Waals surface area contributed by atoms with E-state index < -0.39 is 17.8 Å². The smallest absolute Gasteiger partial charge is 0.267 e. The predicted molar refractivity (Wildman–Crippen MR) is 111 cm³/mol. The Labute approximate surface area is 175 Å². The molecule has 0 saturated heterocycles. The zero-order valence-corrected chi connectivity index (χ0v) is 17.0. The number of benzene rings is 2. The number of hydrogen-bond donors (Lipinski definition) is 2. The van der Waals surface area contributed by atoms with Gasteiger partial charge in [0.05, 0.1) is 6.10 Å². The number of carboxylic acid groups (broad SMARTS) is 1. The van der Waals surface area contributed by atoms with Crippen molar-refractivity contribution in [2.24, 2.45) is 0 Å². The first-order valence-electron chi connectivity index (χ1n) is 9.68. The van der Waals surface area contributed by atoms with Crippen molar-refractivity contribution in [2.45, 2.75) is 32.8 Å². The van der Waals surface area contributed by atoms with E-state index in [1.165, 1.54) is 0 Å². The number of carbonyl (C=O) groups excluding carboxylic acids is 3. The highest BCUT2D eigenvalue weighted by Crippen LogP contribution is 2.16. The Bertz CT molecular complexity index is 890. The Morgan fingerprint density at radius 1 is 1.03 bits per heavy atom. The minimum atomic E-state index is -1.18. The molecule has 0 aliphatic heterocycles. The van der Waals surface area contributed by atoms with E-state index in [-0.39, 0.29) is 31.2 Å². The molecule has 2 aromatic rings. The van der Waals surface area contributed by atoms with E-state index in [0.29, 0.717) is 16.9 Å². The van der Waals surface area contributed by atoms with Crippen molar-refractivity contribution in [3.63, 3.8) is 0 Å². The molecule has 0 atom stereocenters. The summed E-state index contributed by atoms with van der Waals surface area (Å²) in [5.74, 6) is -1.42. The number of ether oxygens (including phenoxy) is 1. The van der Waals surface area contributed by atoms with Crippen molar-refractivity contribution in [3.05, 3.63) is 71.4 Å². The molecule has 0 fully saturated rings. The summed E-state index contributed by atoms with van der Waals surface area (Å²) in [5, 5.41) is 15.8. The molecule has 30 heavy (non-hydrogen) atoms. The number of aliphatic carboxylic acids is 1. The molecule has 0 spiro atoms. The van der Waals surface area contributed by atoms with Gasteiger partial charge in [-0.15, -0.1) is 0 Å². The first-order chi connectivity index (χ1) is 14.3. The molecule has 0 aromatic heterocycles. The van der Waals surface area contributed by atoms with Crippen LogP contribution in [0.2, 0.25) is 0 Å². The predicted octanol–water partition coefficient (Wildman–Crippen LogP) is 1.89. The minimum Gasteiger partial charge on any atom is -0.550 e. The number of rotatable bonds is 10. The average molecular weight is 409 g/mol. The number of amides is 2. The van der Waals surface area contributed by atoms with Crippen LogP contribution in [-0.4, -0.2) is 30.4 Å². The second-order valence-corrected chi connectivity index (χ2v) is 6.85. The SMILES string of the molecule is CC(C)Oc1ccc(/C=C(/NC(=O)c2ccccc2)C(=O)NCCCC(=O)[O-])cc1. The van der Waals surface area contributed by atoms with Crippen molar-refractivity contribution in [2.75, 3.05) is 6.54 Å². The van der Waals surface area contributed by atoms with Gasteiger partial charge < -0.3 is 25.3 Å². The van der Waals surface area contributed by atoms with Crippen LogP contribution in [-0.2, 0) is 9.59 Å².